The van der Waals surface area contributed by atoms with E-state index >= 15 is 0 Å². The molecular weight excluding hydrogens is 372 g/mol. The molecule has 0 aliphatic heterocycles. The molecule has 0 bridgehead atoms. The molecule has 3 aromatic rings. The van der Waals surface area contributed by atoms with Gasteiger partial charge in [0.1, 0.15) is 0 Å². The number of halogens is 1. The second-order valence-electron chi connectivity index (χ2n) is 6.35. The first kappa shape index (κ1) is 20.4. The van der Waals surface area contributed by atoms with Gasteiger partial charge in [0, 0.05) is 27.9 Å². The molecule has 0 radical (unpaired) electrons. The maximum absolute atomic E-state index is 12.7. The van der Waals surface area contributed by atoms with Crippen molar-refractivity contribution in [3.05, 3.63) is 33.1 Å². The third-order valence-corrected chi connectivity index (χ3v) is 5.03. The average Bonchev–Trinajstić information content (AvgIpc) is 3.08. The second-order valence-corrected chi connectivity index (χ2v) is 7.81. The van der Waals surface area contributed by atoms with E-state index in [4.69, 9.17) is 10.3 Å². The van der Waals surface area contributed by atoms with Crippen LogP contribution in [0.25, 0.3) is 22.4 Å². The van der Waals surface area contributed by atoms with Crippen LogP contribution in [-0.2, 0) is 0 Å². The molecule has 140 valence electrons. The zero-order chi connectivity index (χ0) is 18.1. The van der Waals surface area contributed by atoms with Crippen molar-refractivity contribution < 1.29 is 9.32 Å². The molecule has 1 amide bonds. The van der Waals surface area contributed by atoms with Gasteiger partial charge in [0.15, 0.2) is 0 Å². The standard InChI is InChI=1S/C18H22N4O2S.ClH/c1-9(19)5-6-20-17(23)14-8-15(13-7-10(2)25-12(13)4)21-18-16(14)11(3)22-24-18;/h7-9H,5-6,19H2,1-4H3,(H,20,23);1H. The minimum atomic E-state index is -0.162. The lowest BCUT2D eigenvalue weighted by molar-refractivity contribution is 0.0954. The number of fused-ring (bicyclic) bond motifs is 1. The SMILES string of the molecule is Cc1cc(-c2cc(C(=O)NCCC(C)N)c3c(C)noc3n2)c(C)s1.Cl. The summed E-state index contributed by atoms with van der Waals surface area (Å²) in [6.45, 7) is 8.36. The molecule has 8 heteroatoms. The van der Waals surface area contributed by atoms with Gasteiger partial charge in [0.25, 0.3) is 11.6 Å². The normalized spacial score (nSPS) is 12.0. The third kappa shape index (κ3) is 4.06. The van der Waals surface area contributed by atoms with E-state index in [1.54, 1.807) is 11.3 Å². The fourth-order valence-electron chi connectivity index (χ4n) is 2.81. The number of carbonyl (C=O) groups excluding carboxylic acids is 1. The lowest BCUT2D eigenvalue weighted by Crippen LogP contribution is -2.29. The van der Waals surface area contributed by atoms with E-state index in [1.807, 2.05) is 26.8 Å². The van der Waals surface area contributed by atoms with Crippen molar-refractivity contribution >= 4 is 40.8 Å². The smallest absolute Gasteiger partial charge is 0.259 e. The summed E-state index contributed by atoms with van der Waals surface area (Å²) in [5.74, 6) is -0.162. The summed E-state index contributed by atoms with van der Waals surface area (Å²) < 4.78 is 5.33. The van der Waals surface area contributed by atoms with Crippen molar-refractivity contribution in [1.29, 1.82) is 0 Å². The van der Waals surface area contributed by atoms with Gasteiger partial charge in [0.05, 0.1) is 22.3 Å². The molecule has 26 heavy (non-hydrogen) atoms. The van der Waals surface area contributed by atoms with Gasteiger partial charge in [0.2, 0.25) is 0 Å². The fourth-order valence-corrected chi connectivity index (χ4v) is 3.74. The van der Waals surface area contributed by atoms with E-state index in [1.165, 1.54) is 4.88 Å². The molecule has 0 aromatic carbocycles. The fraction of sp³-hybridized carbons (Fsp3) is 0.389. The van der Waals surface area contributed by atoms with Crippen molar-refractivity contribution in [3.8, 4) is 11.3 Å². The Hall–Kier alpha value is -1.96. The number of rotatable bonds is 5. The highest BCUT2D eigenvalue weighted by Gasteiger charge is 2.20. The molecule has 3 rings (SSSR count). The molecule has 0 spiro atoms. The van der Waals surface area contributed by atoms with Crippen LogP contribution in [0.1, 0.15) is 39.2 Å². The van der Waals surface area contributed by atoms with Crippen LogP contribution in [0.15, 0.2) is 16.7 Å². The Morgan fingerprint density at radius 3 is 2.69 bits per heavy atom. The zero-order valence-corrected chi connectivity index (χ0v) is 16.9. The Bertz CT molecular complexity index is 933. The number of thiophene rings is 1. The predicted molar refractivity (Wildman–Crippen MR) is 107 cm³/mol. The molecule has 0 aliphatic carbocycles. The number of aryl methyl sites for hydroxylation is 3. The number of amides is 1. The first-order valence-corrected chi connectivity index (χ1v) is 9.06. The minimum absolute atomic E-state index is 0. The Labute approximate surface area is 162 Å². The molecule has 3 heterocycles. The second kappa shape index (κ2) is 8.16. The Morgan fingerprint density at radius 1 is 1.35 bits per heavy atom. The van der Waals surface area contributed by atoms with Crippen molar-refractivity contribution in [2.24, 2.45) is 5.73 Å². The lowest BCUT2D eigenvalue weighted by Gasteiger charge is -2.09. The first-order valence-electron chi connectivity index (χ1n) is 8.25. The van der Waals surface area contributed by atoms with Gasteiger partial charge in [-0.1, -0.05) is 5.16 Å². The zero-order valence-electron chi connectivity index (χ0n) is 15.3. The summed E-state index contributed by atoms with van der Waals surface area (Å²) in [5, 5.41) is 7.56. The summed E-state index contributed by atoms with van der Waals surface area (Å²) in [4.78, 5) is 19.6. The van der Waals surface area contributed by atoms with E-state index in [0.29, 0.717) is 28.9 Å². The van der Waals surface area contributed by atoms with Crippen LogP contribution in [-0.4, -0.2) is 28.6 Å². The van der Waals surface area contributed by atoms with Crippen LogP contribution in [0.2, 0.25) is 0 Å². The van der Waals surface area contributed by atoms with Gasteiger partial charge in [-0.05, 0) is 46.2 Å². The number of aromatic nitrogens is 2. The van der Waals surface area contributed by atoms with Gasteiger partial charge < -0.3 is 15.6 Å². The summed E-state index contributed by atoms with van der Waals surface area (Å²) in [6, 6.07) is 3.94. The molecule has 3 aromatic heterocycles. The van der Waals surface area contributed by atoms with Gasteiger partial charge in [-0.2, -0.15) is 0 Å². The van der Waals surface area contributed by atoms with E-state index in [0.717, 1.165) is 22.6 Å². The number of carbonyl (C=O) groups is 1. The summed E-state index contributed by atoms with van der Waals surface area (Å²) >= 11 is 1.71. The monoisotopic (exact) mass is 394 g/mol. The van der Waals surface area contributed by atoms with Crippen molar-refractivity contribution in [3.63, 3.8) is 0 Å². The van der Waals surface area contributed by atoms with Crippen LogP contribution in [0.4, 0.5) is 0 Å². The topological polar surface area (TPSA) is 94.0 Å². The molecule has 0 saturated heterocycles. The van der Waals surface area contributed by atoms with Crippen LogP contribution in [0.5, 0.6) is 0 Å². The predicted octanol–water partition coefficient (Wildman–Crippen LogP) is 3.77. The van der Waals surface area contributed by atoms with Crippen LogP contribution < -0.4 is 11.1 Å². The molecule has 0 saturated carbocycles. The average molecular weight is 395 g/mol. The largest absolute Gasteiger partial charge is 0.352 e. The lowest BCUT2D eigenvalue weighted by atomic mass is 10.1. The summed E-state index contributed by atoms with van der Waals surface area (Å²) in [7, 11) is 0. The molecular formula is C18H23ClN4O2S. The number of pyridine rings is 1. The Morgan fingerprint density at radius 2 is 2.08 bits per heavy atom. The number of hydrogen-bond acceptors (Lipinski definition) is 6. The minimum Gasteiger partial charge on any atom is -0.352 e. The Kier molecular flexibility index (Phi) is 6.39. The first-order chi connectivity index (χ1) is 11.9. The highest BCUT2D eigenvalue weighted by atomic mass is 35.5. The number of hydrogen-bond donors (Lipinski definition) is 2. The maximum Gasteiger partial charge on any atom is 0.259 e. The maximum atomic E-state index is 12.7. The van der Waals surface area contributed by atoms with Crippen molar-refractivity contribution in [2.75, 3.05) is 6.54 Å². The number of nitrogens with zero attached hydrogens (tertiary/aromatic N) is 2. The van der Waals surface area contributed by atoms with Gasteiger partial charge in [-0.15, -0.1) is 23.7 Å². The van der Waals surface area contributed by atoms with E-state index in [9.17, 15) is 4.79 Å². The highest BCUT2D eigenvalue weighted by Crippen LogP contribution is 2.32. The summed E-state index contributed by atoms with van der Waals surface area (Å²) in [6.07, 6.45) is 0.721. The number of nitrogens with two attached hydrogens (primary N) is 1. The molecule has 0 aliphatic rings. The third-order valence-electron chi connectivity index (χ3n) is 4.06. The molecule has 0 fully saturated rings. The Balaban J connectivity index is 0.00000243. The number of nitrogens with one attached hydrogen (secondary N) is 1. The highest BCUT2D eigenvalue weighted by molar-refractivity contribution is 7.12. The molecule has 6 nitrogen and oxygen atoms in total. The van der Waals surface area contributed by atoms with Gasteiger partial charge >= 0.3 is 0 Å². The van der Waals surface area contributed by atoms with Crippen LogP contribution in [0, 0.1) is 20.8 Å². The van der Waals surface area contributed by atoms with E-state index < -0.39 is 0 Å². The molecule has 1 atom stereocenters. The van der Waals surface area contributed by atoms with Crippen LogP contribution >= 0.6 is 23.7 Å². The van der Waals surface area contributed by atoms with Crippen molar-refractivity contribution in [2.45, 2.75) is 40.2 Å². The molecule has 3 N–H and O–H groups in total. The van der Waals surface area contributed by atoms with Gasteiger partial charge in [-0.3, -0.25) is 4.79 Å². The quantitative estimate of drug-likeness (QED) is 0.686. The van der Waals surface area contributed by atoms with Crippen molar-refractivity contribution in [1.82, 2.24) is 15.5 Å². The molecule has 1 unspecified atom stereocenters. The van der Waals surface area contributed by atoms with E-state index in [-0.39, 0.29) is 24.4 Å². The van der Waals surface area contributed by atoms with E-state index in [2.05, 4.69) is 28.4 Å². The van der Waals surface area contributed by atoms with Gasteiger partial charge in [-0.25, -0.2) is 4.98 Å². The summed E-state index contributed by atoms with van der Waals surface area (Å²) in [5.41, 5.74) is 9.07. The van der Waals surface area contributed by atoms with Crippen LogP contribution in [0.3, 0.4) is 0 Å².